The van der Waals surface area contributed by atoms with Gasteiger partial charge in [-0.25, -0.2) is 4.79 Å². The van der Waals surface area contributed by atoms with Gasteiger partial charge in [0.25, 0.3) is 0 Å². The molecule has 1 heterocycles. The van der Waals surface area contributed by atoms with Gasteiger partial charge in [0.1, 0.15) is 5.41 Å². The molecule has 1 N–H and O–H groups in total. The fourth-order valence-electron chi connectivity index (χ4n) is 3.05. The van der Waals surface area contributed by atoms with Crippen molar-refractivity contribution in [1.29, 1.82) is 0 Å². The van der Waals surface area contributed by atoms with E-state index in [0.717, 1.165) is 12.8 Å². The topological polar surface area (TPSA) is 66.5 Å². The molecule has 1 saturated heterocycles. The molecule has 4 amide bonds. The maximum Gasteiger partial charge on any atom is 0.331 e. The van der Waals surface area contributed by atoms with Crippen LogP contribution < -0.4 is 5.32 Å². The van der Waals surface area contributed by atoms with E-state index in [1.54, 1.807) is 0 Å². The van der Waals surface area contributed by atoms with Crippen molar-refractivity contribution in [2.75, 3.05) is 0 Å². The van der Waals surface area contributed by atoms with Gasteiger partial charge in [-0.3, -0.25) is 19.8 Å². The summed E-state index contributed by atoms with van der Waals surface area (Å²) in [5.74, 6) is -0.430. The van der Waals surface area contributed by atoms with Gasteiger partial charge in [0.05, 0.1) is 0 Å². The summed E-state index contributed by atoms with van der Waals surface area (Å²) in [6.07, 6.45) is 2.89. The first-order chi connectivity index (χ1) is 8.81. The number of rotatable bonds is 4. The second-order valence-electron chi connectivity index (χ2n) is 6.12. The van der Waals surface area contributed by atoms with Gasteiger partial charge in [-0.15, -0.1) is 0 Å². The largest absolute Gasteiger partial charge is 0.331 e. The summed E-state index contributed by atoms with van der Waals surface area (Å²) < 4.78 is 0. The Morgan fingerprint density at radius 3 is 2.16 bits per heavy atom. The molecule has 2 aliphatic rings. The Labute approximate surface area is 113 Å². The minimum absolute atomic E-state index is 0.330. The molecule has 2 fully saturated rings. The molecule has 0 unspecified atom stereocenters. The molecule has 0 aromatic heterocycles. The number of hydrogen-bond acceptors (Lipinski definition) is 3. The predicted molar refractivity (Wildman–Crippen MR) is 70.2 cm³/mol. The van der Waals surface area contributed by atoms with E-state index >= 15 is 0 Å². The highest BCUT2D eigenvalue weighted by Gasteiger charge is 2.57. The molecule has 5 nitrogen and oxygen atoms in total. The summed E-state index contributed by atoms with van der Waals surface area (Å²) >= 11 is 0. The van der Waals surface area contributed by atoms with E-state index in [1.807, 2.05) is 27.7 Å². The lowest BCUT2D eigenvalue weighted by molar-refractivity contribution is -0.156. The van der Waals surface area contributed by atoms with Crippen LogP contribution in [0.4, 0.5) is 4.79 Å². The average Bonchev–Trinajstić information content (AvgIpc) is 3.13. The van der Waals surface area contributed by atoms with Crippen LogP contribution in [0.15, 0.2) is 0 Å². The zero-order chi connectivity index (χ0) is 14.4. The molecule has 5 heteroatoms. The van der Waals surface area contributed by atoms with Crippen molar-refractivity contribution < 1.29 is 14.4 Å². The van der Waals surface area contributed by atoms with Gasteiger partial charge >= 0.3 is 6.03 Å². The fraction of sp³-hybridized carbons (Fsp3) is 0.786. The first kappa shape index (κ1) is 14.0. The molecule has 0 aromatic rings. The number of nitrogens with zero attached hydrogens (tertiary/aromatic N) is 1. The Bertz CT molecular complexity index is 434. The van der Waals surface area contributed by atoms with Crippen LogP contribution in [-0.2, 0) is 9.59 Å². The molecular weight excluding hydrogens is 244 g/mol. The molecule has 106 valence electrons. The highest BCUT2D eigenvalue weighted by molar-refractivity contribution is 6.19. The number of nitrogens with one attached hydrogen (secondary N) is 1. The van der Waals surface area contributed by atoms with Crippen molar-refractivity contribution in [2.45, 2.75) is 58.9 Å². The van der Waals surface area contributed by atoms with E-state index in [9.17, 15) is 14.4 Å². The maximum atomic E-state index is 12.8. The number of hydrogen-bond donors (Lipinski definition) is 1. The minimum Gasteiger partial charge on any atom is -0.277 e. The fourth-order valence-corrected chi connectivity index (χ4v) is 3.05. The van der Waals surface area contributed by atoms with Crippen LogP contribution in [0.5, 0.6) is 0 Å². The highest BCUT2D eigenvalue weighted by atomic mass is 16.2. The Morgan fingerprint density at radius 2 is 1.74 bits per heavy atom. The van der Waals surface area contributed by atoms with Crippen molar-refractivity contribution in [3.63, 3.8) is 0 Å². The van der Waals surface area contributed by atoms with Crippen molar-refractivity contribution in [3.05, 3.63) is 0 Å². The van der Waals surface area contributed by atoms with Crippen molar-refractivity contribution in [1.82, 2.24) is 10.2 Å². The van der Waals surface area contributed by atoms with Crippen molar-refractivity contribution >= 4 is 17.8 Å². The third-order valence-corrected chi connectivity index (χ3v) is 4.83. The van der Waals surface area contributed by atoms with Crippen LogP contribution in [0, 0.1) is 11.3 Å². The summed E-state index contributed by atoms with van der Waals surface area (Å²) in [5, 5.41) is 2.37. The Kier molecular flexibility index (Phi) is 3.19. The molecule has 0 spiro atoms. The third-order valence-electron chi connectivity index (χ3n) is 4.83. The van der Waals surface area contributed by atoms with Crippen LogP contribution in [0.2, 0.25) is 0 Å². The van der Waals surface area contributed by atoms with Crippen LogP contribution in [0.25, 0.3) is 0 Å². The van der Waals surface area contributed by atoms with E-state index in [-0.39, 0.29) is 5.91 Å². The molecule has 19 heavy (non-hydrogen) atoms. The smallest absolute Gasteiger partial charge is 0.277 e. The van der Waals surface area contributed by atoms with Crippen LogP contribution in [0.1, 0.15) is 53.4 Å². The lowest BCUT2D eigenvalue weighted by Gasteiger charge is -2.45. The molecule has 0 radical (unpaired) electrons. The van der Waals surface area contributed by atoms with E-state index in [1.165, 1.54) is 4.90 Å². The molecule has 1 aliphatic carbocycles. The predicted octanol–water partition coefficient (Wildman–Crippen LogP) is 2.06. The van der Waals surface area contributed by atoms with Gasteiger partial charge < -0.3 is 0 Å². The molecule has 1 aliphatic heterocycles. The summed E-state index contributed by atoms with van der Waals surface area (Å²) in [6, 6.07) is -0.565. The highest BCUT2D eigenvalue weighted by Crippen LogP contribution is 2.45. The number of barbiturate groups is 1. The van der Waals surface area contributed by atoms with Gasteiger partial charge in [-0.2, -0.15) is 0 Å². The van der Waals surface area contributed by atoms with E-state index in [2.05, 4.69) is 5.32 Å². The van der Waals surface area contributed by atoms with Crippen molar-refractivity contribution in [2.24, 2.45) is 11.3 Å². The monoisotopic (exact) mass is 266 g/mol. The summed E-state index contributed by atoms with van der Waals surface area (Å²) in [7, 11) is 0. The second kappa shape index (κ2) is 4.32. The SMILES string of the molecule is CCC1(CC)C(=O)NC(=O)N(C(C)(C)C2CC2)C1=O. The van der Waals surface area contributed by atoms with Gasteiger partial charge in [0.2, 0.25) is 11.8 Å². The van der Waals surface area contributed by atoms with Gasteiger partial charge in [0, 0.05) is 5.54 Å². The summed E-state index contributed by atoms with van der Waals surface area (Å²) in [6.45, 7) is 7.46. The van der Waals surface area contributed by atoms with Gasteiger partial charge in [-0.05, 0) is 45.4 Å². The number of amides is 4. The first-order valence-electron chi connectivity index (χ1n) is 7.01. The van der Waals surface area contributed by atoms with Gasteiger partial charge in [-0.1, -0.05) is 13.8 Å². The summed E-state index contributed by atoms with van der Waals surface area (Å²) in [4.78, 5) is 38.2. The van der Waals surface area contributed by atoms with Crippen LogP contribution in [0.3, 0.4) is 0 Å². The van der Waals surface area contributed by atoms with Crippen LogP contribution >= 0.6 is 0 Å². The molecular formula is C14H22N2O3. The lowest BCUT2D eigenvalue weighted by Crippen LogP contribution is -2.68. The third kappa shape index (κ3) is 1.86. The summed E-state index contributed by atoms with van der Waals surface area (Å²) in [5.41, 5.74) is -1.60. The zero-order valence-corrected chi connectivity index (χ0v) is 12.1. The minimum atomic E-state index is -1.08. The number of urea groups is 1. The zero-order valence-electron chi connectivity index (χ0n) is 12.1. The second-order valence-corrected chi connectivity index (χ2v) is 6.12. The number of carbonyl (C=O) groups excluding carboxylic acids is 3. The van der Waals surface area contributed by atoms with E-state index < -0.39 is 22.9 Å². The quantitative estimate of drug-likeness (QED) is 0.792. The normalized spacial score (nSPS) is 23.6. The standard InChI is InChI=1S/C14H22N2O3/c1-5-14(6-2)10(17)15-12(19)16(11(14)18)13(3,4)9-7-8-9/h9H,5-8H2,1-4H3,(H,15,17,19). The average molecular weight is 266 g/mol. The molecule has 1 saturated carbocycles. The van der Waals surface area contributed by atoms with Gasteiger partial charge in [0.15, 0.2) is 0 Å². The molecule has 0 atom stereocenters. The Morgan fingerprint density at radius 1 is 1.21 bits per heavy atom. The number of carbonyl (C=O) groups is 3. The number of imide groups is 2. The van der Waals surface area contributed by atoms with E-state index in [0.29, 0.717) is 18.8 Å². The molecule has 2 rings (SSSR count). The first-order valence-corrected chi connectivity index (χ1v) is 7.01. The molecule has 0 bridgehead atoms. The lowest BCUT2D eigenvalue weighted by atomic mass is 9.77. The van der Waals surface area contributed by atoms with Crippen LogP contribution in [-0.4, -0.2) is 28.3 Å². The van der Waals surface area contributed by atoms with E-state index in [4.69, 9.17) is 0 Å². The molecule has 0 aromatic carbocycles. The maximum absolute atomic E-state index is 12.8. The Hall–Kier alpha value is -1.39. The Balaban J connectivity index is 2.41. The van der Waals surface area contributed by atoms with Crippen molar-refractivity contribution in [3.8, 4) is 0 Å².